The molecule has 3 aromatic heterocycles. The predicted octanol–water partition coefficient (Wildman–Crippen LogP) is 4.50. The highest BCUT2D eigenvalue weighted by atomic mass is 32.1. The van der Waals surface area contributed by atoms with Crippen LogP contribution in [0.15, 0.2) is 72.1 Å². The van der Waals surface area contributed by atoms with E-state index in [0.29, 0.717) is 34.2 Å². The Morgan fingerprint density at radius 3 is 2.81 bits per heavy atom. The summed E-state index contributed by atoms with van der Waals surface area (Å²) in [6.07, 6.45) is 0. The zero-order chi connectivity index (χ0) is 21.5. The molecule has 0 radical (unpaired) electrons. The molecule has 0 saturated carbocycles. The van der Waals surface area contributed by atoms with E-state index in [1.165, 1.54) is 0 Å². The number of ether oxygens (including phenoxy) is 2. The minimum absolute atomic E-state index is 0.167. The highest BCUT2D eigenvalue weighted by molar-refractivity contribution is 7.13. The third kappa shape index (κ3) is 3.25. The van der Waals surface area contributed by atoms with Crippen LogP contribution in [-0.4, -0.2) is 32.5 Å². The Morgan fingerprint density at radius 1 is 0.969 bits per heavy atom. The van der Waals surface area contributed by atoms with E-state index in [1.807, 2.05) is 53.9 Å². The fraction of sp³-hybridized carbons (Fsp3) is 0.0435. The van der Waals surface area contributed by atoms with Crippen molar-refractivity contribution < 1.29 is 14.3 Å². The summed E-state index contributed by atoms with van der Waals surface area (Å²) in [5.74, 6) is 1.67. The van der Waals surface area contributed by atoms with Gasteiger partial charge < -0.3 is 14.8 Å². The largest absolute Gasteiger partial charge is 0.454 e. The number of carbonyl (C=O) groups excluding carboxylic acids is 1. The fourth-order valence-corrected chi connectivity index (χ4v) is 4.19. The minimum atomic E-state index is -0.234. The quantitative estimate of drug-likeness (QED) is 0.442. The molecule has 0 spiro atoms. The van der Waals surface area contributed by atoms with Crippen molar-refractivity contribution in [1.82, 2.24) is 19.8 Å². The summed E-state index contributed by atoms with van der Waals surface area (Å²) < 4.78 is 12.4. The van der Waals surface area contributed by atoms with Gasteiger partial charge in [-0.25, -0.2) is 0 Å². The van der Waals surface area contributed by atoms with Crippen LogP contribution in [0, 0.1) is 0 Å². The molecule has 0 fully saturated rings. The molecular weight excluding hydrogens is 426 g/mol. The molecule has 4 heterocycles. The molecule has 8 nitrogen and oxygen atoms in total. The second kappa shape index (κ2) is 7.47. The van der Waals surface area contributed by atoms with Gasteiger partial charge in [0.25, 0.3) is 5.91 Å². The molecule has 6 rings (SSSR count). The average Bonchev–Trinajstić information content (AvgIpc) is 3.58. The second-order valence-electron chi connectivity index (χ2n) is 7.09. The predicted molar refractivity (Wildman–Crippen MR) is 120 cm³/mol. The molecular formula is C23H15N5O3S. The number of hydrogen-bond donors (Lipinski definition) is 1. The molecule has 0 unspecified atom stereocenters. The van der Waals surface area contributed by atoms with Gasteiger partial charge in [-0.1, -0.05) is 18.2 Å². The summed E-state index contributed by atoms with van der Waals surface area (Å²) in [6, 6.07) is 20.4. The van der Waals surface area contributed by atoms with Crippen molar-refractivity contribution in [1.29, 1.82) is 0 Å². The Kier molecular flexibility index (Phi) is 4.32. The number of benzene rings is 2. The van der Waals surface area contributed by atoms with Crippen molar-refractivity contribution in [2.75, 3.05) is 12.1 Å². The first-order valence-electron chi connectivity index (χ1n) is 9.82. The fourth-order valence-electron chi connectivity index (χ4n) is 3.50. The van der Waals surface area contributed by atoms with Gasteiger partial charge >= 0.3 is 0 Å². The highest BCUT2D eigenvalue weighted by Crippen LogP contribution is 2.33. The molecule has 2 aromatic carbocycles. The molecule has 0 bridgehead atoms. The zero-order valence-corrected chi connectivity index (χ0v) is 17.4. The number of aromatic nitrogens is 4. The molecule has 5 aromatic rings. The molecule has 1 aliphatic rings. The van der Waals surface area contributed by atoms with E-state index in [0.717, 1.165) is 16.1 Å². The molecule has 32 heavy (non-hydrogen) atoms. The molecule has 1 N–H and O–H groups in total. The average molecular weight is 441 g/mol. The summed E-state index contributed by atoms with van der Waals surface area (Å²) in [5, 5.41) is 18.1. The van der Waals surface area contributed by atoms with Crippen molar-refractivity contribution in [3.05, 3.63) is 77.7 Å². The van der Waals surface area contributed by atoms with E-state index in [-0.39, 0.29) is 12.7 Å². The number of rotatable bonds is 4. The van der Waals surface area contributed by atoms with Crippen LogP contribution in [0.2, 0.25) is 0 Å². The monoisotopic (exact) mass is 441 g/mol. The number of thiophene rings is 1. The van der Waals surface area contributed by atoms with E-state index in [2.05, 4.69) is 15.5 Å². The number of anilines is 1. The lowest BCUT2D eigenvalue weighted by Crippen LogP contribution is -2.11. The maximum atomic E-state index is 12.7. The maximum Gasteiger partial charge on any atom is 0.255 e. The summed E-state index contributed by atoms with van der Waals surface area (Å²) in [6.45, 7) is 0.167. The van der Waals surface area contributed by atoms with Gasteiger partial charge in [0.2, 0.25) is 6.79 Å². The lowest BCUT2D eigenvalue weighted by atomic mass is 10.1. The van der Waals surface area contributed by atoms with Gasteiger partial charge in [0, 0.05) is 16.8 Å². The van der Waals surface area contributed by atoms with E-state index in [1.54, 1.807) is 34.1 Å². The molecule has 1 aliphatic heterocycles. The Labute approximate surface area is 186 Å². The van der Waals surface area contributed by atoms with Crippen molar-refractivity contribution in [3.63, 3.8) is 0 Å². The van der Waals surface area contributed by atoms with Crippen LogP contribution >= 0.6 is 11.3 Å². The maximum absolute atomic E-state index is 12.7. The van der Waals surface area contributed by atoms with Crippen LogP contribution in [0.4, 0.5) is 5.69 Å². The summed E-state index contributed by atoms with van der Waals surface area (Å²) in [4.78, 5) is 13.7. The topological polar surface area (TPSA) is 90.6 Å². The van der Waals surface area contributed by atoms with E-state index < -0.39 is 0 Å². The first-order valence-corrected chi connectivity index (χ1v) is 10.7. The van der Waals surface area contributed by atoms with Gasteiger partial charge in [-0.3, -0.25) is 4.79 Å². The third-order valence-corrected chi connectivity index (χ3v) is 5.92. The van der Waals surface area contributed by atoms with E-state index in [9.17, 15) is 4.79 Å². The Morgan fingerprint density at radius 2 is 1.91 bits per heavy atom. The Balaban J connectivity index is 1.30. The SMILES string of the molecule is O=C(Nc1cccc(-c2ccc3nnc(-c4cccs4)n3n2)c1)c1ccc2c(c1)OCO2. The number of carbonyl (C=O) groups is 1. The number of hydrogen-bond acceptors (Lipinski definition) is 7. The molecule has 0 aliphatic carbocycles. The smallest absolute Gasteiger partial charge is 0.255 e. The molecule has 9 heteroatoms. The second-order valence-corrected chi connectivity index (χ2v) is 8.04. The zero-order valence-electron chi connectivity index (χ0n) is 16.6. The standard InChI is InChI=1S/C23H15N5O3S/c29-23(15-6-8-18-19(12-15)31-13-30-18)24-16-4-1-3-14(11-16)17-7-9-21-25-26-22(28(21)27-17)20-5-2-10-32-20/h1-12H,13H2,(H,24,29). The Hall–Kier alpha value is -4.24. The molecule has 156 valence electrons. The number of nitrogens with one attached hydrogen (secondary N) is 1. The van der Waals surface area contributed by atoms with Crippen LogP contribution in [-0.2, 0) is 0 Å². The normalized spacial score (nSPS) is 12.2. The number of fused-ring (bicyclic) bond motifs is 2. The first-order chi connectivity index (χ1) is 15.7. The van der Waals surface area contributed by atoms with Gasteiger partial charge in [0.1, 0.15) is 0 Å². The summed E-state index contributed by atoms with van der Waals surface area (Å²) in [5.41, 5.74) is 3.43. The minimum Gasteiger partial charge on any atom is -0.454 e. The van der Waals surface area contributed by atoms with Crippen molar-refractivity contribution >= 4 is 28.6 Å². The summed E-state index contributed by atoms with van der Waals surface area (Å²) in [7, 11) is 0. The van der Waals surface area contributed by atoms with E-state index in [4.69, 9.17) is 14.6 Å². The number of amides is 1. The highest BCUT2D eigenvalue weighted by Gasteiger charge is 2.17. The van der Waals surface area contributed by atoms with Gasteiger partial charge in [-0.2, -0.15) is 9.61 Å². The van der Waals surface area contributed by atoms with Crippen molar-refractivity contribution in [3.8, 4) is 33.5 Å². The van der Waals surface area contributed by atoms with Gasteiger partial charge in [-0.15, -0.1) is 21.5 Å². The Bertz CT molecular complexity index is 1460. The van der Waals surface area contributed by atoms with Crippen LogP contribution < -0.4 is 14.8 Å². The lowest BCUT2D eigenvalue weighted by Gasteiger charge is -2.08. The van der Waals surface area contributed by atoms with Crippen molar-refractivity contribution in [2.24, 2.45) is 0 Å². The molecule has 0 atom stereocenters. The van der Waals surface area contributed by atoms with Gasteiger partial charge in [-0.05, 0) is 53.9 Å². The molecule has 1 amide bonds. The van der Waals surface area contributed by atoms with Crippen LogP contribution in [0.25, 0.3) is 27.6 Å². The first kappa shape index (κ1) is 18.5. The third-order valence-electron chi connectivity index (χ3n) is 5.06. The molecule has 0 saturated heterocycles. The lowest BCUT2D eigenvalue weighted by molar-refractivity contribution is 0.102. The van der Waals surface area contributed by atoms with Gasteiger partial charge in [0.05, 0.1) is 10.6 Å². The van der Waals surface area contributed by atoms with Crippen LogP contribution in [0.5, 0.6) is 11.5 Å². The summed E-state index contributed by atoms with van der Waals surface area (Å²) >= 11 is 1.58. The van der Waals surface area contributed by atoms with E-state index >= 15 is 0 Å². The van der Waals surface area contributed by atoms with Gasteiger partial charge in [0.15, 0.2) is 23.0 Å². The number of nitrogens with zero attached hydrogens (tertiary/aromatic N) is 4. The van der Waals surface area contributed by atoms with Crippen LogP contribution in [0.1, 0.15) is 10.4 Å². The van der Waals surface area contributed by atoms with Crippen LogP contribution in [0.3, 0.4) is 0 Å². The van der Waals surface area contributed by atoms with Crippen molar-refractivity contribution in [2.45, 2.75) is 0 Å².